The van der Waals surface area contributed by atoms with E-state index in [2.05, 4.69) is 12.0 Å². The molecule has 1 aromatic rings. The first-order valence-electron chi connectivity index (χ1n) is 6.34. The van der Waals surface area contributed by atoms with Crippen molar-refractivity contribution < 1.29 is 9.50 Å². The number of alkyl halides is 1. The number of rotatable bonds is 4. The molecule has 0 aliphatic heterocycles. The van der Waals surface area contributed by atoms with Crippen LogP contribution in [0.1, 0.15) is 18.9 Å². The Morgan fingerprint density at radius 1 is 1.63 bits per heavy atom. The molecule has 19 heavy (non-hydrogen) atoms. The SMILES string of the molecule is Cn1cc(C2(C)C=CC(C(O)C(N)CF)=CC2)cn1. The molecule has 3 atom stereocenters. The quantitative estimate of drug-likeness (QED) is 0.860. The highest BCUT2D eigenvalue weighted by atomic mass is 19.1. The zero-order valence-corrected chi connectivity index (χ0v) is 11.3. The van der Waals surface area contributed by atoms with Crippen LogP contribution in [0, 0.1) is 0 Å². The van der Waals surface area contributed by atoms with Crippen molar-refractivity contribution in [2.24, 2.45) is 12.8 Å². The molecule has 0 saturated carbocycles. The molecule has 1 aliphatic carbocycles. The minimum absolute atomic E-state index is 0.142. The first kappa shape index (κ1) is 14.0. The number of hydrogen-bond acceptors (Lipinski definition) is 3. The summed E-state index contributed by atoms with van der Waals surface area (Å²) in [5.74, 6) is 0. The Labute approximate surface area is 112 Å². The molecule has 0 aromatic carbocycles. The zero-order chi connectivity index (χ0) is 14.0. The molecule has 1 aliphatic rings. The van der Waals surface area contributed by atoms with Crippen LogP contribution >= 0.6 is 0 Å². The molecule has 0 saturated heterocycles. The summed E-state index contributed by atoms with van der Waals surface area (Å²) in [6.07, 6.45) is 9.39. The molecular weight excluding hydrogens is 245 g/mol. The Bertz CT molecular complexity index is 509. The normalized spacial score (nSPS) is 26.1. The van der Waals surface area contributed by atoms with Gasteiger partial charge in [0.25, 0.3) is 0 Å². The van der Waals surface area contributed by atoms with E-state index in [0.717, 1.165) is 12.0 Å². The number of nitrogens with two attached hydrogens (primary N) is 1. The van der Waals surface area contributed by atoms with E-state index in [-0.39, 0.29) is 5.41 Å². The van der Waals surface area contributed by atoms with Gasteiger partial charge in [-0.2, -0.15) is 5.10 Å². The van der Waals surface area contributed by atoms with Gasteiger partial charge in [-0.15, -0.1) is 0 Å². The van der Waals surface area contributed by atoms with Crippen molar-refractivity contribution in [3.8, 4) is 0 Å². The number of aromatic nitrogens is 2. The highest BCUT2D eigenvalue weighted by molar-refractivity contribution is 5.38. The van der Waals surface area contributed by atoms with E-state index in [4.69, 9.17) is 5.73 Å². The fourth-order valence-electron chi connectivity index (χ4n) is 2.23. The second-order valence-electron chi connectivity index (χ2n) is 5.32. The van der Waals surface area contributed by atoms with Crippen molar-refractivity contribution in [1.29, 1.82) is 0 Å². The van der Waals surface area contributed by atoms with Gasteiger partial charge in [0.1, 0.15) is 6.67 Å². The van der Waals surface area contributed by atoms with Crippen LogP contribution in [0.25, 0.3) is 0 Å². The molecule has 1 aromatic heterocycles. The van der Waals surface area contributed by atoms with Crippen molar-refractivity contribution in [1.82, 2.24) is 9.78 Å². The van der Waals surface area contributed by atoms with Gasteiger partial charge < -0.3 is 10.8 Å². The molecule has 0 fully saturated rings. The fourth-order valence-corrected chi connectivity index (χ4v) is 2.23. The molecule has 5 heteroatoms. The lowest BCUT2D eigenvalue weighted by Gasteiger charge is -2.29. The minimum Gasteiger partial charge on any atom is -0.387 e. The molecule has 0 spiro atoms. The van der Waals surface area contributed by atoms with Crippen molar-refractivity contribution in [2.45, 2.75) is 30.9 Å². The predicted octanol–water partition coefficient (Wildman–Crippen LogP) is 1.22. The number of allylic oxidation sites excluding steroid dienone is 2. The third-order valence-corrected chi connectivity index (χ3v) is 3.70. The number of hydrogen-bond donors (Lipinski definition) is 2. The van der Waals surface area contributed by atoms with Crippen molar-refractivity contribution in [2.75, 3.05) is 6.67 Å². The summed E-state index contributed by atoms with van der Waals surface area (Å²) >= 11 is 0. The molecule has 3 unspecified atom stereocenters. The smallest absolute Gasteiger partial charge is 0.107 e. The molecule has 1 heterocycles. The van der Waals surface area contributed by atoms with Gasteiger partial charge in [0, 0.05) is 24.2 Å². The summed E-state index contributed by atoms with van der Waals surface area (Å²) in [6.45, 7) is 1.38. The molecule has 4 nitrogen and oxygen atoms in total. The van der Waals surface area contributed by atoms with Gasteiger partial charge in [0.2, 0.25) is 0 Å². The van der Waals surface area contributed by atoms with E-state index in [9.17, 15) is 9.50 Å². The third kappa shape index (κ3) is 2.77. The van der Waals surface area contributed by atoms with Crippen LogP contribution in [-0.4, -0.2) is 33.7 Å². The lowest BCUT2D eigenvalue weighted by molar-refractivity contribution is 0.165. The average Bonchev–Trinajstić information content (AvgIpc) is 2.85. The van der Waals surface area contributed by atoms with Crippen molar-refractivity contribution in [3.63, 3.8) is 0 Å². The Kier molecular flexibility index (Phi) is 3.87. The zero-order valence-electron chi connectivity index (χ0n) is 11.3. The molecular formula is C14H20FN3O. The lowest BCUT2D eigenvalue weighted by atomic mass is 9.76. The number of aliphatic hydroxyl groups excluding tert-OH is 1. The highest BCUT2D eigenvalue weighted by Gasteiger charge is 2.28. The van der Waals surface area contributed by atoms with Gasteiger partial charge in [-0.25, -0.2) is 4.39 Å². The lowest BCUT2D eigenvalue weighted by Crippen LogP contribution is -2.38. The Hall–Kier alpha value is -1.46. The second kappa shape index (κ2) is 5.27. The van der Waals surface area contributed by atoms with E-state index in [1.54, 1.807) is 4.68 Å². The van der Waals surface area contributed by atoms with Crippen LogP contribution in [0.5, 0.6) is 0 Å². The Morgan fingerprint density at radius 2 is 2.37 bits per heavy atom. The van der Waals surface area contributed by atoms with Gasteiger partial charge in [0.05, 0.1) is 18.3 Å². The van der Waals surface area contributed by atoms with Crippen molar-refractivity contribution >= 4 is 0 Å². The maximum Gasteiger partial charge on any atom is 0.107 e. The topological polar surface area (TPSA) is 64.1 Å². The Morgan fingerprint density at radius 3 is 2.84 bits per heavy atom. The fraction of sp³-hybridized carbons (Fsp3) is 0.500. The standard InChI is InChI=1S/C14H20FN3O/c1-14(11-8-17-18(2)9-11)5-3-10(4-6-14)13(19)12(16)7-15/h3-5,8-9,12-13,19H,6-7,16H2,1-2H3. The summed E-state index contributed by atoms with van der Waals surface area (Å²) in [7, 11) is 1.88. The van der Waals surface area contributed by atoms with E-state index in [1.807, 2.05) is 37.7 Å². The molecule has 0 amide bonds. The molecule has 104 valence electrons. The molecule has 0 radical (unpaired) electrons. The number of halogens is 1. The first-order chi connectivity index (χ1) is 8.96. The number of aryl methyl sites for hydroxylation is 1. The van der Waals surface area contributed by atoms with E-state index >= 15 is 0 Å². The average molecular weight is 265 g/mol. The van der Waals surface area contributed by atoms with Crippen LogP contribution < -0.4 is 5.73 Å². The van der Waals surface area contributed by atoms with Crippen molar-refractivity contribution in [3.05, 3.63) is 41.8 Å². The largest absolute Gasteiger partial charge is 0.387 e. The number of aliphatic hydroxyl groups is 1. The van der Waals surface area contributed by atoms with Gasteiger partial charge in [-0.3, -0.25) is 4.68 Å². The van der Waals surface area contributed by atoms with Crippen LogP contribution in [0.2, 0.25) is 0 Å². The Balaban J connectivity index is 2.14. The summed E-state index contributed by atoms with van der Waals surface area (Å²) in [5, 5.41) is 14.1. The molecule has 2 rings (SSSR count). The summed E-state index contributed by atoms with van der Waals surface area (Å²) in [4.78, 5) is 0. The molecule has 3 N–H and O–H groups in total. The van der Waals surface area contributed by atoms with Crippen LogP contribution in [0.3, 0.4) is 0 Å². The van der Waals surface area contributed by atoms with E-state index < -0.39 is 18.8 Å². The highest BCUT2D eigenvalue weighted by Crippen LogP contribution is 2.34. The summed E-state index contributed by atoms with van der Waals surface area (Å²) in [6, 6.07) is -0.862. The van der Waals surface area contributed by atoms with Gasteiger partial charge in [0.15, 0.2) is 0 Å². The maximum atomic E-state index is 12.5. The third-order valence-electron chi connectivity index (χ3n) is 3.70. The van der Waals surface area contributed by atoms with E-state index in [0.29, 0.717) is 5.57 Å². The van der Waals surface area contributed by atoms with Crippen LogP contribution in [0.4, 0.5) is 4.39 Å². The van der Waals surface area contributed by atoms with Crippen LogP contribution in [-0.2, 0) is 12.5 Å². The first-order valence-corrected chi connectivity index (χ1v) is 6.34. The van der Waals surface area contributed by atoms with Gasteiger partial charge in [-0.05, 0) is 12.0 Å². The predicted molar refractivity (Wildman–Crippen MR) is 72.4 cm³/mol. The summed E-state index contributed by atoms with van der Waals surface area (Å²) < 4.78 is 14.2. The molecule has 0 bridgehead atoms. The van der Waals surface area contributed by atoms with Gasteiger partial charge >= 0.3 is 0 Å². The maximum absolute atomic E-state index is 12.5. The summed E-state index contributed by atoms with van der Waals surface area (Å²) in [5.41, 5.74) is 7.18. The number of nitrogens with zero attached hydrogens (tertiary/aromatic N) is 2. The second-order valence-corrected chi connectivity index (χ2v) is 5.32. The van der Waals surface area contributed by atoms with Crippen LogP contribution in [0.15, 0.2) is 36.2 Å². The van der Waals surface area contributed by atoms with E-state index in [1.165, 1.54) is 0 Å². The van der Waals surface area contributed by atoms with Gasteiger partial charge in [-0.1, -0.05) is 25.2 Å². The minimum atomic E-state index is -0.945. The monoisotopic (exact) mass is 265 g/mol.